The molecule has 0 radical (unpaired) electrons. The molecule has 1 atom stereocenters. The van der Waals surface area contributed by atoms with E-state index in [1.54, 1.807) is 24.7 Å². The van der Waals surface area contributed by atoms with E-state index in [9.17, 15) is 14.2 Å². The number of imidazole rings is 1. The summed E-state index contributed by atoms with van der Waals surface area (Å²) in [6, 6.07) is 0. The van der Waals surface area contributed by atoms with Crippen molar-refractivity contribution in [1.29, 1.82) is 0 Å². The number of aromatic nitrogens is 4. The van der Waals surface area contributed by atoms with Gasteiger partial charge in [-0.25, -0.2) is 19.7 Å². The number of carbonyl (C=O) groups excluding carboxylic acids is 2. The largest absolute Gasteiger partial charge is 0.466 e. The van der Waals surface area contributed by atoms with E-state index in [-0.39, 0.29) is 62.3 Å². The molecule has 35 heavy (non-hydrogen) atoms. The number of esters is 1. The first kappa shape index (κ1) is 27.0. The van der Waals surface area contributed by atoms with E-state index in [1.165, 1.54) is 6.33 Å². The summed E-state index contributed by atoms with van der Waals surface area (Å²) in [6.45, 7) is 8.61. The van der Waals surface area contributed by atoms with Gasteiger partial charge in [0.1, 0.15) is 12.7 Å². The molecule has 2 aromatic heterocycles. The van der Waals surface area contributed by atoms with Crippen LogP contribution in [0.4, 0.5) is 10.6 Å². The van der Waals surface area contributed by atoms with E-state index in [2.05, 4.69) is 20.3 Å². The van der Waals surface area contributed by atoms with Crippen LogP contribution in [0, 0.1) is 11.8 Å². The first-order chi connectivity index (χ1) is 16.7. The van der Waals surface area contributed by atoms with Gasteiger partial charge in [0.05, 0.1) is 51.8 Å². The fourth-order valence-electron chi connectivity index (χ4n) is 3.20. The summed E-state index contributed by atoms with van der Waals surface area (Å²) >= 11 is 0. The van der Waals surface area contributed by atoms with Crippen molar-refractivity contribution in [3.63, 3.8) is 0 Å². The minimum atomic E-state index is -3.43. The van der Waals surface area contributed by atoms with Gasteiger partial charge >= 0.3 is 19.7 Å². The van der Waals surface area contributed by atoms with Crippen LogP contribution in [0.2, 0.25) is 0 Å². The van der Waals surface area contributed by atoms with Crippen molar-refractivity contribution in [3.05, 3.63) is 12.7 Å². The van der Waals surface area contributed by atoms with Crippen LogP contribution >= 0.6 is 7.60 Å². The third-order valence-electron chi connectivity index (χ3n) is 4.91. The number of carbonyl (C=O) groups is 2. The summed E-state index contributed by atoms with van der Waals surface area (Å²) in [7, 11) is -3.43. The van der Waals surface area contributed by atoms with Crippen LogP contribution in [-0.2, 0) is 39.2 Å². The molecular weight excluding hydrogens is 481 g/mol. The number of fused-ring (bicyclic) bond motifs is 1. The molecule has 2 aromatic rings. The molecular formula is C21H32N5O8P. The fraction of sp³-hybridized carbons (Fsp3) is 0.667. The molecule has 1 aliphatic heterocycles. The van der Waals surface area contributed by atoms with E-state index in [0.717, 1.165) is 0 Å². The SMILES string of the molecule is CCOC(=O)CC1COP(=O)(CO[C@H](C)Cn2cnc3c(NC(=O)OCC(C)C)ncnc32)OC1. The van der Waals surface area contributed by atoms with Gasteiger partial charge in [0.25, 0.3) is 0 Å². The van der Waals surface area contributed by atoms with Gasteiger partial charge in [-0.1, -0.05) is 13.8 Å². The van der Waals surface area contributed by atoms with Crippen LogP contribution in [0.3, 0.4) is 0 Å². The first-order valence-electron chi connectivity index (χ1n) is 11.4. The normalized spacial score (nSPS) is 21.1. The second kappa shape index (κ2) is 12.4. The number of ether oxygens (including phenoxy) is 3. The van der Waals surface area contributed by atoms with E-state index in [0.29, 0.717) is 24.3 Å². The Kier molecular flexibility index (Phi) is 9.55. The van der Waals surface area contributed by atoms with Crippen molar-refractivity contribution in [2.75, 3.05) is 38.1 Å². The molecule has 0 unspecified atom stereocenters. The maximum absolute atomic E-state index is 12.8. The second-order valence-corrected chi connectivity index (χ2v) is 10.6. The maximum Gasteiger partial charge on any atom is 0.412 e. The molecule has 0 bridgehead atoms. The van der Waals surface area contributed by atoms with E-state index in [1.807, 2.05) is 13.8 Å². The number of rotatable bonds is 11. The zero-order valence-electron chi connectivity index (χ0n) is 20.3. The molecule has 1 aliphatic rings. The van der Waals surface area contributed by atoms with Gasteiger partial charge < -0.3 is 27.8 Å². The number of nitrogens with zero attached hydrogens (tertiary/aromatic N) is 4. The Labute approximate surface area is 203 Å². The lowest BCUT2D eigenvalue weighted by atomic mass is 10.1. The predicted octanol–water partition coefficient (Wildman–Crippen LogP) is 3.20. The van der Waals surface area contributed by atoms with Crippen molar-refractivity contribution in [3.8, 4) is 0 Å². The highest BCUT2D eigenvalue weighted by Gasteiger charge is 2.34. The highest BCUT2D eigenvalue weighted by atomic mass is 31.2. The van der Waals surface area contributed by atoms with E-state index >= 15 is 0 Å². The molecule has 1 amide bonds. The molecule has 14 heteroatoms. The van der Waals surface area contributed by atoms with Crippen molar-refractivity contribution in [2.45, 2.75) is 46.8 Å². The highest BCUT2D eigenvalue weighted by molar-refractivity contribution is 7.53. The molecule has 1 saturated heterocycles. The summed E-state index contributed by atoms with van der Waals surface area (Å²) in [5, 5.41) is 2.58. The second-order valence-electron chi connectivity index (χ2n) is 8.59. The number of anilines is 1. The van der Waals surface area contributed by atoms with Crippen LogP contribution in [0.1, 0.15) is 34.1 Å². The summed E-state index contributed by atoms with van der Waals surface area (Å²) in [6.07, 6.45) is 1.79. The minimum absolute atomic E-state index is 0.131. The molecule has 3 rings (SSSR count). The van der Waals surface area contributed by atoms with Crippen molar-refractivity contribution in [1.82, 2.24) is 19.5 Å². The van der Waals surface area contributed by atoms with Crippen LogP contribution in [0.5, 0.6) is 0 Å². The van der Waals surface area contributed by atoms with Gasteiger partial charge in [0.2, 0.25) is 0 Å². The third-order valence-corrected chi connectivity index (χ3v) is 6.47. The van der Waals surface area contributed by atoms with Gasteiger partial charge in [-0.3, -0.25) is 14.7 Å². The molecule has 13 nitrogen and oxygen atoms in total. The summed E-state index contributed by atoms with van der Waals surface area (Å²) < 4.78 is 41.1. The lowest BCUT2D eigenvalue weighted by Gasteiger charge is -2.29. The minimum Gasteiger partial charge on any atom is -0.466 e. The van der Waals surface area contributed by atoms with Crippen LogP contribution in [-0.4, -0.2) is 70.5 Å². The zero-order chi connectivity index (χ0) is 25.4. The highest BCUT2D eigenvalue weighted by Crippen LogP contribution is 2.51. The Bertz CT molecular complexity index is 1050. The zero-order valence-corrected chi connectivity index (χ0v) is 21.2. The van der Waals surface area contributed by atoms with Crippen molar-refractivity contribution >= 4 is 36.6 Å². The third kappa shape index (κ3) is 7.96. The maximum atomic E-state index is 12.8. The molecule has 0 aliphatic carbocycles. The standard InChI is InChI=1S/C21H32N5O8P/c1-5-30-17(27)6-16-9-33-35(29,34-10-16)13-32-15(4)7-26-12-24-18-19(22-11-23-20(18)26)25-21(28)31-8-14(2)3/h11-12,14-16H,5-10,13H2,1-4H3,(H,22,23,25,28)/t15-,16?,35?/m1/s1. The van der Waals surface area contributed by atoms with Crippen LogP contribution in [0.25, 0.3) is 11.2 Å². The van der Waals surface area contributed by atoms with E-state index < -0.39 is 13.7 Å². The topological polar surface area (TPSA) is 153 Å². The Hall–Kier alpha value is -2.60. The van der Waals surface area contributed by atoms with Gasteiger partial charge in [0, 0.05) is 5.92 Å². The Morgan fingerprint density at radius 2 is 1.94 bits per heavy atom. The molecule has 1 fully saturated rings. The fourth-order valence-corrected chi connectivity index (χ4v) is 4.74. The molecule has 0 spiro atoms. The van der Waals surface area contributed by atoms with Crippen LogP contribution < -0.4 is 5.32 Å². The smallest absolute Gasteiger partial charge is 0.412 e. The van der Waals surface area contributed by atoms with Gasteiger partial charge in [-0.15, -0.1) is 0 Å². The molecule has 0 aromatic carbocycles. The number of nitrogens with one attached hydrogen (secondary N) is 1. The number of amides is 1. The van der Waals surface area contributed by atoms with Crippen molar-refractivity contribution < 1.29 is 37.4 Å². The summed E-state index contributed by atoms with van der Waals surface area (Å²) in [5.74, 6) is -0.107. The Balaban J connectivity index is 1.51. The molecule has 1 N–H and O–H groups in total. The Morgan fingerprint density at radius 1 is 1.20 bits per heavy atom. The molecule has 0 saturated carbocycles. The Morgan fingerprint density at radius 3 is 2.63 bits per heavy atom. The van der Waals surface area contributed by atoms with Gasteiger partial charge in [0.15, 0.2) is 17.0 Å². The predicted molar refractivity (Wildman–Crippen MR) is 125 cm³/mol. The van der Waals surface area contributed by atoms with Gasteiger partial charge in [-0.2, -0.15) is 0 Å². The molecule has 194 valence electrons. The number of hydrogen-bond acceptors (Lipinski definition) is 11. The number of hydrogen-bond donors (Lipinski definition) is 1. The van der Waals surface area contributed by atoms with Crippen LogP contribution in [0.15, 0.2) is 12.7 Å². The lowest BCUT2D eigenvalue weighted by Crippen LogP contribution is -2.26. The van der Waals surface area contributed by atoms with Gasteiger partial charge in [-0.05, 0) is 19.8 Å². The lowest BCUT2D eigenvalue weighted by molar-refractivity contribution is -0.145. The summed E-state index contributed by atoms with van der Waals surface area (Å²) in [4.78, 5) is 36.2. The quantitative estimate of drug-likeness (QED) is 0.348. The van der Waals surface area contributed by atoms with E-state index in [4.69, 9.17) is 23.3 Å². The monoisotopic (exact) mass is 513 g/mol. The average molecular weight is 513 g/mol. The first-order valence-corrected chi connectivity index (χ1v) is 13.2. The summed E-state index contributed by atoms with van der Waals surface area (Å²) in [5.41, 5.74) is 0.897. The molecule has 3 heterocycles. The van der Waals surface area contributed by atoms with Crippen molar-refractivity contribution in [2.24, 2.45) is 11.8 Å². The average Bonchev–Trinajstić information content (AvgIpc) is 3.22.